The van der Waals surface area contributed by atoms with Gasteiger partial charge < -0.3 is 9.84 Å². The Kier molecular flexibility index (Phi) is 2.56. The molecule has 0 radical (unpaired) electrons. The lowest BCUT2D eigenvalue weighted by molar-refractivity contribution is -0.334. The minimum absolute atomic E-state index is 0.0534. The minimum atomic E-state index is -5.04. The van der Waals surface area contributed by atoms with E-state index in [2.05, 4.69) is 0 Å². The molecule has 1 aliphatic heterocycles. The highest BCUT2D eigenvalue weighted by Crippen LogP contribution is 2.44. The summed E-state index contributed by atoms with van der Waals surface area (Å²) >= 11 is 0. The number of ether oxygens (including phenoxy) is 1. The zero-order valence-corrected chi connectivity index (χ0v) is 10.1. The van der Waals surface area contributed by atoms with Crippen molar-refractivity contribution in [3.05, 3.63) is 42.0 Å². The van der Waals surface area contributed by atoms with Gasteiger partial charge in [-0.2, -0.15) is 13.2 Å². The van der Waals surface area contributed by atoms with Crippen molar-refractivity contribution in [1.82, 2.24) is 0 Å². The number of benzene rings is 2. The Morgan fingerprint density at radius 2 is 1.85 bits per heavy atom. The lowest BCUT2D eigenvalue weighted by Crippen LogP contribution is -2.53. The SMILES string of the molecule is O=C1C[C@@](O)(C(F)(F)F)Oc2c1ccc1ccccc21. The maximum atomic E-state index is 12.9. The van der Waals surface area contributed by atoms with E-state index in [0.29, 0.717) is 10.8 Å². The standard InChI is InChI=1S/C14H9F3O3/c15-14(16,17)13(19)7-11(18)10-6-5-8-3-1-2-4-9(8)12(10)20-13/h1-6,19H,7H2/t13-/m0/s1. The third-order valence-electron chi connectivity index (χ3n) is 3.29. The predicted octanol–water partition coefficient (Wildman–Crippen LogP) is 3.06. The summed E-state index contributed by atoms with van der Waals surface area (Å²) < 4.78 is 43.4. The molecule has 0 aromatic heterocycles. The topological polar surface area (TPSA) is 46.5 Å². The van der Waals surface area contributed by atoms with Crippen molar-refractivity contribution in [1.29, 1.82) is 0 Å². The van der Waals surface area contributed by atoms with E-state index in [9.17, 15) is 23.1 Å². The van der Waals surface area contributed by atoms with Gasteiger partial charge in [0, 0.05) is 5.39 Å². The summed E-state index contributed by atoms with van der Waals surface area (Å²) in [6.07, 6.45) is -6.18. The summed E-state index contributed by atoms with van der Waals surface area (Å²) in [6.45, 7) is 0. The summed E-state index contributed by atoms with van der Waals surface area (Å²) in [5.41, 5.74) is 0.0534. The molecule has 1 aliphatic rings. The average Bonchev–Trinajstić information content (AvgIpc) is 2.37. The zero-order valence-electron chi connectivity index (χ0n) is 10.1. The third-order valence-corrected chi connectivity index (χ3v) is 3.29. The fraction of sp³-hybridized carbons (Fsp3) is 0.214. The van der Waals surface area contributed by atoms with Gasteiger partial charge in [0.05, 0.1) is 12.0 Å². The normalized spacial score (nSPS) is 22.5. The highest BCUT2D eigenvalue weighted by atomic mass is 19.4. The van der Waals surface area contributed by atoms with Crippen LogP contribution in [-0.2, 0) is 0 Å². The fourth-order valence-electron chi connectivity index (χ4n) is 2.25. The van der Waals surface area contributed by atoms with Gasteiger partial charge in [0.2, 0.25) is 0 Å². The minimum Gasteiger partial charge on any atom is -0.451 e. The van der Waals surface area contributed by atoms with Crippen molar-refractivity contribution < 1.29 is 27.8 Å². The maximum absolute atomic E-state index is 12.9. The Bertz CT molecular complexity index is 708. The number of halogens is 3. The van der Waals surface area contributed by atoms with E-state index in [4.69, 9.17) is 4.74 Å². The van der Waals surface area contributed by atoms with Gasteiger partial charge in [0.1, 0.15) is 5.75 Å². The molecule has 0 saturated heterocycles. The molecule has 0 spiro atoms. The van der Waals surface area contributed by atoms with Crippen molar-refractivity contribution in [2.75, 3.05) is 0 Å². The molecule has 3 rings (SSSR count). The average molecular weight is 282 g/mol. The number of rotatable bonds is 0. The molecule has 1 atom stereocenters. The molecule has 20 heavy (non-hydrogen) atoms. The molecule has 1 N–H and O–H groups in total. The molecule has 0 saturated carbocycles. The van der Waals surface area contributed by atoms with E-state index >= 15 is 0 Å². The first kappa shape index (κ1) is 12.9. The van der Waals surface area contributed by atoms with Gasteiger partial charge in [-0.05, 0) is 11.5 Å². The number of ketones is 1. The second kappa shape index (κ2) is 3.96. The fourth-order valence-corrected chi connectivity index (χ4v) is 2.25. The van der Waals surface area contributed by atoms with E-state index < -0.39 is 24.2 Å². The smallest absolute Gasteiger partial charge is 0.451 e. The monoisotopic (exact) mass is 282 g/mol. The lowest BCUT2D eigenvalue weighted by atomic mass is 9.95. The summed E-state index contributed by atoms with van der Waals surface area (Å²) in [5.74, 6) is -4.49. The number of fused-ring (bicyclic) bond motifs is 3. The van der Waals surface area contributed by atoms with Crippen LogP contribution in [0.4, 0.5) is 13.2 Å². The molecule has 104 valence electrons. The Balaban J connectivity index is 2.24. The molecule has 0 unspecified atom stereocenters. The van der Waals surface area contributed by atoms with Crippen LogP contribution in [0.15, 0.2) is 36.4 Å². The summed E-state index contributed by atoms with van der Waals surface area (Å²) in [4.78, 5) is 11.9. The Morgan fingerprint density at radius 3 is 2.55 bits per heavy atom. The van der Waals surface area contributed by atoms with Gasteiger partial charge in [-0.25, -0.2) is 0 Å². The van der Waals surface area contributed by atoms with Crippen molar-refractivity contribution >= 4 is 16.6 Å². The van der Waals surface area contributed by atoms with Crippen LogP contribution in [0.5, 0.6) is 5.75 Å². The molecule has 0 fully saturated rings. The Labute approximate surface area is 111 Å². The number of carbonyl (C=O) groups excluding carboxylic acids is 1. The molecule has 0 bridgehead atoms. The summed E-state index contributed by atoms with van der Waals surface area (Å²) in [5, 5.41) is 10.6. The molecule has 0 amide bonds. The van der Waals surface area contributed by atoms with E-state index in [1.165, 1.54) is 6.07 Å². The molecule has 2 aromatic rings. The molecule has 3 nitrogen and oxygen atoms in total. The highest BCUT2D eigenvalue weighted by molar-refractivity contribution is 6.06. The summed E-state index contributed by atoms with van der Waals surface area (Å²) in [6, 6.07) is 9.62. The molecule has 2 aromatic carbocycles. The number of hydrogen-bond donors (Lipinski definition) is 1. The number of Topliss-reactive ketones (excluding diaryl/α,β-unsaturated/α-hetero) is 1. The van der Waals surface area contributed by atoms with Crippen LogP contribution in [0.1, 0.15) is 16.8 Å². The predicted molar refractivity (Wildman–Crippen MR) is 64.5 cm³/mol. The van der Waals surface area contributed by atoms with Crippen LogP contribution >= 0.6 is 0 Å². The van der Waals surface area contributed by atoms with Crippen molar-refractivity contribution in [3.8, 4) is 5.75 Å². The van der Waals surface area contributed by atoms with Gasteiger partial charge >= 0.3 is 12.0 Å². The zero-order chi connectivity index (χ0) is 14.5. The van der Waals surface area contributed by atoms with Gasteiger partial charge in [-0.1, -0.05) is 30.3 Å². The molecule has 1 heterocycles. The van der Waals surface area contributed by atoms with Crippen LogP contribution in [0, 0.1) is 0 Å². The Morgan fingerprint density at radius 1 is 1.15 bits per heavy atom. The van der Waals surface area contributed by atoms with Crippen LogP contribution in [0.25, 0.3) is 10.8 Å². The van der Waals surface area contributed by atoms with Crippen molar-refractivity contribution in [2.24, 2.45) is 0 Å². The number of carbonyl (C=O) groups is 1. The molecular formula is C14H9F3O3. The van der Waals surface area contributed by atoms with Gasteiger partial charge in [-0.15, -0.1) is 0 Å². The number of aliphatic hydroxyl groups is 1. The molecule has 6 heteroatoms. The highest BCUT2D eigenvalue weighted by Gasteiger charge is 2.60. The lowest BCUT2D eigenvalue weighted by Gasteiger charge is -2.34. The van der Waals surface area contributed by atoms with Crippen LogP contribution in [-0.4, -0.2) is 22.9 Å². The quantitative estimate of drug-likeness (QED) is 0.807. The van der Waals surface area contributed by atoms with E-state index in [1.54, 1.807) is 30.3 Å². The second-order valence-corrected chi connectivity index (χ2v) is 4.65. The maximum Gasteiger partial charge on any atom is 0.455 e. The van der Waals surface area contributed by atoms with Gasteiger partial charge in [-0.3, -0.25) is 4.79 Å². The van der Waals surface area contributed by atoms with Crippen molar-refractivity contribution in [2.45, 2.75) is 18.4 Å². The molecule has 0 aliphatic carbocycles. The number of alkyl halides is 3. The number of hydrogen-bond acceptors (Lipinski definition) is 3. The van der Waals surface area contributed by atoms with Gasteiger partial charge in [0.15, 0.2) is 5.78 Å². The first-order chi connectivity index (χ1) is 9.32. The second-order valence-electron chi connectivity index (χ2n) is 4.65. The van der Waals surface area contributed by atoms with E-state index in [1.807, 2.05) is 0 Å². The van der Waals surface area contributed by atoms with Crippen LogP contribution in [0.2, 0.25) is 0 Å². The van der Waals surface area contributed by atoms with E-state index in [0.717, 1.165) is 0 Å². The van der Waals surface area contributed by atoms with Crippen LogP contribution in [0.3, 0.4) is 0 Å². The Hall–Kier alpha value is -2.08. The first-order valence-electron chi connectivity index (χ1n) is 5.85. The van der Waals surface area contributed by atoms with Crippen molar-refractivity contribution in [3.63, 3.8) is 0 Å². The van der Waals surface area contributed by atoms with E-state index in [-0.39, 0.29) is 11.3 Å². The largest absolute Gasteiger partial charge is 0.455 e. The first-order valence-corrected chi connectivity index (χ1v) is 5.85. The van der Waals surface area contributed by atoms with Crippen LogP contribution < -0.4 is 4.74 Å². The van der Waals surface area contributed by atoms with Gasteiger partial charge in [0.25, 0.3) is 0 Å². The molecular weight excluding hydrogens is 273 g/mol. The third kappa shape index (κ3) is 1.76. The summed E-state index contributed by atoms with van der Waals surface area (Å²) in [7, 11) is 0.